The van der Waals surface area contributed by atoms with E-state index in [4.69, 9.17) is 5.11 Å². The van der Waals surface area contributed by atoms with Gasteiger partial charge < -0.3 is 15.7 Å². The van der Waals surface area contributed by atoms with Crippen LogP contribution in [0.15, 0.2) is 5.38 Å². The summed E-state index contributed by atoms with van der Waals surface area (Å²) in [6.45, 7) is 3.77. The summed E-state index contributed by atoms with van der Waals surface area (Å²) in [7, 11) is 0. The highest BCUT2D eigenvalue weighted by atomic mass is 32.1. The van der Waals surface area contributed by atoms with E-state index in [1.165, 1.54) is 11.3 Å². The predicted molar refractivity (Wildman–Crippen MR) is 75.7 cm³/mol. The largest absolute Gasteiger partial charge is 0.481 e. The zero-order chi connectivity index (χ0) is 14.7. The zero-order valence-electron chi connectivity index (χ0n) is 11.5. The van der Waals surface area contributed by atoms with Crippen LogP contribution in [0.4, 0.5) is 4.79 Å². The van der Waals surface area contributed by atoms with Crippen LogP contribution in [0.3, 0.4) is 0 Å². The first kappa shape index (κ1) is 14.8. The molecule has 1 heterocycles. The highest BCUT2D eigenvalue weighted by Crippen LogP contribution is 2.26. The maximum atomic E-state index is 11.9. The van der Waals surface area contributed by atoms with E-state index in [9.17, 15) is 9.59 Å². The molecule has 0 aromatic carbocycles. The monoisotopic (exact) mass is 297 g/mol. The van der Waals surface area contributed by atoms with Gasteiger partial charge in [0.25, 0.3) is 0 Å². The lowest BCUT2D eigenvalue weighted by atomic mass is 10.0. The molecule has 3 unspecified atom stereocenters. The number of thiazole rings is 1. The SMILES string of the molecule is Cc1csc(C(C)NC(=O)NC2CCCC2C(=O)O)n1. The molecule has 6 nitrogen and oxygen atoms in total. The smallest absolute Gasteiger partial charge is 0.315 e. The molecule has 2 amide bonds. The Morgan fingerprint density at radius 2 is 2.25 bits per heavy atom. The Hall–Kier alpha value is -1.63. The molecule has 1 aliphatic rings. The Balaban J connectivity index is 1.87. The fourth-order valence-electron chi connectivity index (χ4n) is 2.47. The second-order valence-corrected chi connectivity index (χ2v) is 6.04. The van der Waals surface area contributed by atoms with Gasteiger partial charge >= 0.3 is 12.0 Å². The van der Waals surface area contributed by atoms with E-state index in [0.29, 0.717) is 6.42 Å². The van der Waals surface area contributed by atoms with Gasteiger partial charge in [-0.25, -0.2) is 9.78 Å². The maximum Gasteiger partial charge on any atom is 0.315 e. The van der Waals surface area contributed by atoms with Crippen LogP contribution in [0, 0.1) is 12.8 Å². The molecule has 0 bridgehead atoms. The van der Waals surface area contributed by atoms with Crippen LogP contribution in [-0.4, -0.2) is 28.1 Å². The molecule has 1 aromatic rings. The molecule has 0 spiro atoms. The number of carboxylic acid groups (broad SMARTS) is 1. The Morgan fingerprint density at radius 3 is 2.85 bits per heavy atom. The molecule has 0 saturated heterocycles. The van der Waals surface area contributed by atoms with Crippen LogP contribution in [0.2, 0.25) is 0 Å². The number of aliphatic carboxylic acids is 1. The van der Waals surface area contributed by atoms with Crippen LogP contribution in [0.25, 0.3) is 0 Å². The van der Waals surface area contributed by atoms with Crippen molar-refractivity contribution in [1.82, 2.24) is 15.6 Å². The minimum absolute atomic E-state index is 0.182. The fourth-order valence-corrected chi connectivity index (χ4v) is 3.27. The molecular weight excluding hydrogens is 278 g/mol. The average Bonchev–Trinajstić information content (AvgIpc) is 2.97. The molecule has 20 heavy (non-hydrogen) atoms. The molecule has 1 saturated carbocycles. The third-order valence-corrected chi connectivity index (χ3v) is 4.65. The van der Waals surface area contributed by atoms with Crippen LogP contribution >= 0.6 is 11.3 Å². The van der Waals surface area contributed by atoms with Crippen molar-refractivity contribution in [2.24, 2.45) is 5.92 Å². The van der Waals surface area contributed by atoms with E-state index in [-0.39, 0.29) is 18.1 Å². The lowest BCUT2D eigenvalue weighted by Crippen LogP contribution is -2.45. The highest BCUT2D eigenvalue weighted by Gasteiger charge is 2.34. The van der Waals surface area contributed by atoms with Crippen LogP contribution in [0.5, 0.6) is 0 Å². The number of aryl methyl sites for hydroxylation is 1. The van der Waals surface area contributed by atoms with Gasteiger partial charge in [0.1, 0.15) is 5.01 Å². The number of carbonyl (C=O) groups is 2. The molecule has 1 aliphatic carbocycles. The molecule has 3 N–H and O–H groups in total. The van der Waals surface area contributed by atoms with Crippen molar-refractivity contribution in [3.05, 3.63) is 16.1 Å². The molecule has 2 rings (SSSR count). The van der Waals surface area contributed by atoms with Gasteiger partial charge in [0.05, 0.1) is 12.0 Å². The Bertz CT molecular complexity index is 503. The molecular formula is C13H19N3O3S. The van der Waals surface area contributed by atoms with E-state index in [2.05, 4.69) is 15.6 Å². The number of nitrogens with zero attached hydrogens (tertiary/aromatic N) is 1. The number of carboxylic acids is 1. The number of aromatic nitrogens is 1. The van der Waals surface area contributed by atoms with E-state index in [0.717, 1.165) is 23.5 Å². The van der Waals surface area contributed by atoms with Gasteiger partial charge in [-0.1, -0.05) is 6.42 Å². The summed E-state index contributed by atoms with van der Waals surface area (Å²) in [5, 5.41) is 17.4. The minimum Gasteiger partial charge on any atom is -0.481 e. The number of carbonyl (C=O) groups excluding carboxylic acids is 1. The Labute approximate surface area is 121 Å². The Morgan fingerprint density at radius 1 is 1.50 bits per heavy atom. The van der Waals surface area contributed by atoms with E-state index < -0.39 is 11.9 Å². The number of rotatable bonds is 4. The minimum atomic E-state index is -0.837. The van der Waals surface area contributed by atoms with Crippen LogP contribution in [-0.2, 0) is 4.79 Å². The first-order valence-electron chi connectivity index (χ1n) is 6.69. The average molecular weight is 297 g/mol. The number of nitrogens with one attached hydrogen (secondary N) is 2. The summed E-state index contributed by atoms with van der Waals surface area (Å²) in [6, 6.07) is -0.792. The predicted octanol–water partition coefficient (Wildman–Crippen LogP) is 2.07. The van der Waals surface area contributed by atoms with Crippen molar-refractivity contribution in [1.29, 1.82) is 0 Å². The third-order valence-electron chi connectivity index (χ3n) is 3.50. The van der Waals surface area contributed by atoms with Gasteiger partial charge in [0, 0.05) is 17.1 Å². The van der Waals surface area contributed by atoms with Crippen molar-refractivity contribution < 1.29 is 14.7 Å². The van der Waals surface area contributed by atoms with Gasteiger partial charge in [0.2, 0.25) is 0 Å². The molecule has 1 fully saturated rings. The lowest BCUT2D eigenvalue weighted by molar-refractivity contribution is -0.142. The summed E-state index contributed by atoms with van der Waals surface area (Å²) in [4.78, 5) is 27.3. The number of urea groups is 1. The number of hydrogen-bond acceptors (Lipinski definition) is 4. The topological polar surface area (TPSA) is 91.3 Å². The quantitative estimate of drug-likeness (QED) is 0.793. The van der Waals surface area contributed by atoms with Crippen LogP contribution < -0.4 is 10.6 Å². The summed E-state index contributed by atoms with van der Waals surface area (Å²) < 4.78 is 0. The second-order valence-electron chi connectivity index (χ2n) is 5.15. The summed E-state index contributed by atoms with van der Waals surface area (Å²) >= 11 is 1.50. The molecule has 7 heteroatoms. The lowest BCUT2D eigenvalue weighted by Gasteiger charge is -2.19. The van der Waals surface area contributed by atoms with Gasteiger partial charge in [-0.2, -0.15) is 0 Å². The van der Waals surface area contributed by atoms with Gasteiger partial charge in [-0.3, -0.25) is 4.79 Å². The van der Waals surface area contributed by atoms with Gasteiger partial charge in [0.15, 0.2) is 0 Å². The number of amides is 2. The molecule has 0 aliphatic heterocycles. The second kappa shape index (κ2) is 6.21. The first-order chi connectivity index (χ1) is 9.47. The van der Waals surface area contributed by atoms with Crippen molar-refractivity contribution >= 4 is 23.3 Å². The van der Waals surface area contributed by atoms with E-state index >= 15 is 0 Å². The van der Waals surface area contributed by atoms with Crippen LogP contribution in [0.1, 0.15) is 42.9 Å². The summed E-state index contributed by atoms with van der Waals surface area (Å²) in [5.74, 6) is -1.31. The zero-order valence-corrected chi connectivity index (χ0v) is 12.4. The van der Waals surface area contributed by atoms with Crippen molar-refractivity contribution in [3.63, 3.8) is 0 Å². The van der Waals surface area contributed by atoms with E-state index in [1.54, 1.807) is 0 Å². The van der Waals surface area contributed by atoms with Crippen molar-refractivity contribution in [2.75, 3.05) is 0 Å². The number of hydrogen-bond donors (Lipinski definition) is 3. The fraction of sp³-hybridized carbons (Fsp3) is 0.615. The standard InChI is InChI=1S/C13H19N3O3S/c1-7-6-20-11(14-7)8(2)15-13(19)16-10-5-3-4-9(10)12(17)18/h6,8-10H,3-5H2,1-2H3,(H,17,18)(H2,15,16,19). The summed E-state index contributed by atoms with van der Waals surface area (Å²) in [6.07, 6.45) is 2.18. The Kier molecular flexibility index (Phi) is 4.59. The third kappa shape index (κ3) is 3.47. The molecule has 1 aromatic heterocycles. The van der Waals surface area contributed by atoms with Gasteiger partial charge in [-0.05, 0) is 26.7 Å². The molecule has 0 radical (unpaired) electrons. The molecule has 110 valence electrons. The van der Waals surface area contributed by atoms with Crippen molar-refractivity contribution in [2.45, 2.75) is 45.2 Å². The normalized spacial score (nSPS) is 23.3. The van der Waals surface area contributed by atoms with Gasteiger partial charge in [-0.15, -0.1) is 11.3 Å². The highest BCUT2D eigenvalue weighted by molar-refractivity contribution is 7.09. The maximum absolute atomic E-state index is 11.9. The first-order valence-corrected chi connectivity index (χ1v) is 7.57. The van der Waals surface area contributed by atoms with Crippen molar-refractivity contribution in [3.8, 4) is 0 Å². The van der Waals surface area contributed by atoms with E-state index in [1.807, 2.05) is 19.2 Å². The molecule has 3 atom stereocenters. The summed E-state index contributed by atoms with van der Waals surface area (Å²) in [5.41, 5.74) is 0.931.